The molecule has 0 aromatic heterocycles. The van der Waals surface area contributed by atoms with Crippen molar-refractivity contribution in [1.82, 2.24) is 4.90 Å². The molecule has 0 N–H and O–H groups in total. The first-order valence-corrected chi connectivity index (χ1v) is 7.19. The summed E-state index contributed by atoms with van der Waals surface area (Å²) >= 11 is 0. The van der Waals surface area contributed by atoms with E-state index in [1.54, 1.807) is 18.2 Å². The molecule has 0 atom stereocenters. The number of ether oxygens (including phenoxy) is 1. The Labute approximate surface area is 125 Å². The van der Waals surface area contributed by atoms with E-state index in [0.717, 1.165) is 12.8 Å². The Kier molecular flexibility index (Phi) is 4.46. The number of esters is 1. The number of hydrogen-bond donors (Lipinski definition) is 0. The fourth-order valence-corrected chi connectivity index (χ4v) is 2.19. The van der Waals surface area contributed by atoms with Crippen LogP contribution in [0.1, 0.15) is 44.0 Å². The Balaban J connectivity index is 2.22. The summed E-state index contributed by atoms with van der Waals surface area (Å²) < 4.78 is 5.39. The van der Waals surface area contributed by atoms with Gasteiger partial charge in [0.2, 0.25) is 0 Å². The van der Waals surface area contributed by atoms with Crippen LogP contribution in [-0.4, -0.2) is 28.9 Å². The molecule has 0 saturated carbocycles. The molecular formula is C17H21NO3. The number of carbonyl (C=O) groups is 2. The fraction of sp³-hybridized carbons (Fsp3) is 0.412. The number of amides is 1. The Bertz CT molecular complexity index is 555. The zero-order valence-electron chi connectivity index (χ0n) is 12.8. The zero-order chi connectivity index (χ0) is 15.5. The molecule has 0 unspecified atom stereocenters. The van der Waals surface area contributed by atoms with E-state index < -0.39 is 11.6 Å². The van der Waals surface area contributed by atoms with Gasteiger partial charge in [-0.15, -0.1) is 0 Å². The molecule has 21 heavy (non-hydrogen) atoms. The second-order valence-electron chi connectivity index (χ2n) is 6.06. The van der Waals surface area contributed by atoms with E-state index in [9.17, 15) is 9.59 Å². The Morgan fingerprint density at radius 3 is 2.43 bits per heavy atom. The van der Waals surface area contributed by atoms with Crippen molar-refractivity contribution in [3.05, 3.63) is 47.7 Å². The zero-order valence-corrected chi connectivity index (χ0v) is 12.8. The van der Waals surface area contributed by atoms with Crippen molar-refractivity contribution in [2.75, 3.05) is 6.54 Å². The minimum absolute atomic E-state index is 0.160. The van der Waals surface area contributed by atoms with Crippen LogP contribution in [0.3, 0.4) is 0 Å². The SMILES string of the molecule is CC(C)(C)OC(=O)C1=CCCCN1C(=O)c1ccccc1. The second-order valence-corrected chi connectivity index (χ2v) is 6.06. The Hall–Kier alpha value is -2.10. The lowest BCUT2D eigenvalue weighted by atomic mass is 10.1. The number of rotatable bonds is 2. The van der Waals surface area contributed by atoms with Crippen LogP contribution in [0.2, 0.25) is 0 Å². The molecule has 1 aliphatic heterocycles. The van der Waals surface area contributed by atoms with Crippen molar-refractivity contribution in [2.24, 2.45) is 0 Å². The summed E-state index contributed by atoms with van der Waals surface area (Å²) in [4.78, 5) is 26.4. The van der Waals surface area contributed by atoms with E-state index in [-0.39, 0.29) is 5.91 Å². The quantitative estimate of drug-likeness (QED) is 0.785. The molecule has 0 saturated heterocycles. The lowest BCUT2D eigenvalue weighted by molar-refractivity contribution is -0.151. The van der Waals surface area contributed by atoms with Gasteiger partial charge in [0, 0.05) is 12.1 Å². The predicted octanol–water partition coefficient (Wildman–Crippen LogP) is 3.15. The van der Waals surface area contributed by atoms with Crippen LogP contribution in [0, 0.1) is 0 Å². The first-order valence-electron chi connectivity index (χ1n) is 7.19. The lowest BCUT2D eigenvalue weighted by Gasteiger charge is -2.29. The van der Waals surface area contributed by atoms with Crippen LogP contribution in [0.4, 0.5) is 0 Å². The molecule has 0 fully saturated rings. The highest BCUT2D eigenvalue weighted by Gasteiger charge is 2.29. The molecular weight excluding hydrogens is 266 g/mol. The molecule has 0 aliphatic carbocycles. The van der Waals surface area contributed by atoms with Crippen molar-refractivity contribution >= 4 is 11.9 Å². The van der Waals surface area contributed by atoms with E-state index in [0.29, 0.717) is 17.8 Å². The van der Waals surface area contributed by atoms with Crippen molar-refractivity contribution in [3.63, 3.8) is 0 Å². The highest BCUT2D eigenvalue weighted by Crippen LogP contribution is 2.21. The van der Waals surface area contributed by atoms with Crippen molar-refractivity contribution in [2.45, 2.75) is 39.2 Å². The molecule has 1 amide bonds. The number of hydrogen-bond acceptors (Lipinski definition) is 3. The summed E-state index contributed by atoms with van der Waals surface area (Å²) in [7, 11) is 0. The van der Waals surface area contributed by atoms with Gasteiger partial charge in [-0.1, -0.05) is 24.3 Å². The van der Waals surface area contributed by atoms with Crippen LogP contribution in [0.25, 0.3) is 0 Å². The van der Waals surface area contributed by atoms with E-state index in [1.807, 2.05) is 39.0 Å². The molecule has 1 heterocycles. The number of carbonyl (C=O) groups excluding carboxylic acids is 2. The first kappa shape index (κ1) is 15.3. The monoisotopic (exact) mass is 287 g/mol. The molecule has 1 aromatic rings. The fourth-order valence-electron chi connectivity index (χ4n) is 2.19. The lowest BCUT2D eigenvalue weighted by Crippen LogP contribution is -2.39. The van der Waals surface area contributed by atoms with Crippen LogP contribution in [-0.2, 0) is 9.53 Å². The summed E-state index contributed by atoms with van der Waals surface area (Å²) in [5, 5.41) is 0. The van der Waals surface area contributed by atoms with Gasteiger partial charge < -0.3 is 9.64 Å². The smallest absolute Gasteiger partial charge is 0.355 e. The molecule has 112 valence electrons. The Morgan fingerprint density at radius 1 is 1.14 bits per heavy atom. The third kappa shape index (κ3) is 3.94. The standard InChI is InChI=1S/C17H21NO3/c1-17(2,3)21-16(20)14-11-7-8-12-18(14)15(19)13-9-5-4-6-10-13/h4-6,9-11H,7-8,12H2,1-3H3. The van der Waals surface area contributed by atoms with Gasteiger partial charge >= 0.3 is 5.97 Å². The van der Waals surface area contributed by atoms with Crippen molar-refractivity contribution in [1.29, 1.82) is 0 Å². The number of benzene rings is 1. The average Bonchev–Trinajstić information content (AvgIpc) is 2.45. The molecule has 1 aliphatic rings. The molecule has 0 bridgehead atoms. The molecule has 4 nitrogen and oxygen atoms in total. The summed E-state index contributed by atoms with van der Waals surface area (Å²) in [5.41, 5.74) is 0.357. The average molecular weight is 287 g/mol. The minimum Gasteiger partial charge on any atom is -0.455 e. The molecule has 0 radical (unpaired) electrons. The first-order chi connectivity index (χ1) is 9.88. The van der Waals surface area contributed by atoms with Crippen LogP contribution < -0.4 is 0 Å². The van der Waals surface area contributed by atoms with E-state index in [1.165, 1.54) is 4.90 Å². The summed E-state index contributed by atoms with van der Waals surface area (Å²) in [6.45, 7) is 5.99. The van der Waals surface area contributed by atoms with Gasteiger partial charge in [0.25, 0.3) is 5.91 Å². The van der Waals surface area contributed by atoms with Gasteiger partial charge in [0.15, 0.2) is 0 Å². The second kappa shape index (κ2) is 6.12. The summed E-state index contributed by atoms with van der Waals surface area (Å²) in [5.74, 6) is -0.598. The van der Waals surface area contributed by atoms with Crippen molar-refractivity contribution in [3.8, 4) is 0 Å². The maximum Gasteiger partial charge on any atom is 0.355 e. The molecule has 0 spiro atoms. The highest BCUT2D eigenvalue weighted by atomic mass is 16.6. The summed E-state index contributed by atoms with van der Waals surface area (Å²) in [6.07, 6.45) is 3.43. The number of allylic oxidation sites excluding steroid dienone is 1. The number of nitrogens with zero attached hydrogens (tertiary/aromatic N) is 1. The van der Waals surface area contributed by atoms with Crippen LogP contribution in [0.15, 0.2) is 42.1 Å². The van der Waals surface area contributed by atoms with Gasteiger partial charge in [0.05, 0.1) is 0 Å². The van der Waals surface area contributed by atoms with Gasteiger partial charge in [-0.25, -0.2) is 4.79 Å². The summed E-state index contributed by atoms with van der Waals surface area (Å²) in [6, 6.07) is 8.99. The van der Waals surface area contributed by atoms with Gasteiger partial charge in [0.1, 0.15) is 11.3 Å². The van der Waals surface area contributed by atoms with E-state index >= 15 is 0 Å². The predicted molar refractivity (Wildman–Crippen MR) is 80.6 cm³/mol. The highest BCUT2D eigenvalue weighted by molar-refractivity contribution is 6.01. The molecule has 2 rings (SSSR count). The third-order valence-corrected chi connectivity index (χ3v) is 3.09. The van der Waals surface area contributed by atoms with Crippen molar-refractivity contribution < 1.29 is 14.3 Å². The van der Waals surface area contributed by atoms with Crippen LogP contribution in [0.5, 0.6) is 0 Å². The minimum atomic E-state index is -0.573. The molecule has 1 aromatic carbocycles. The van der Waals surface area contributed by atoms with E-state index in [4.69, 9.17) is 4.74 Å². The van der Waals surface area contributed by atoms with Crippen LogP contribution >= 0.6 is 0 Å². The maximum atomic E-state index is 12.6. The van der Waals surface area contributed by atoms with Gasteiger partial charge in [-0.2, -0.15) is 0 Å². The normalized spacial score (nSPS) is 15.4. The molecule has 4 heteroatoms. The third-order valence-electron chi connectivity index (χ3n) is 3.09. The maximum absolute atomic E-state index is 12.6. The van der Waals surface area contributed by atoms with E-state index in [2.05, 4.69) is 0 Å². The topological polar surface area (TPSA) is 46.6 Å². The van der Waals surface area contributed by atoms with Gasteiger partial charge in [-0.05, 0) is 45.7 Å². The largest absolute Gasteiger partial charge is 0.455 e. The Morgan fingerprint density at radius 2 is 1.81 bits per heavy atom. The van der Waals surface area contributed by atoms with Gasteiger partial charge in [-0.3, -0.25) is 4.79 Å².